The van der Waals surface area contributed by atoms with E-state index in [4.69, 9.17) is 11.6 Å². The minimum atomic E-state index is -1.77. The van der Waals surface area contributed by atoms with Gasteiger partial charge >= 0.3 is 0 Å². The van der Waals surface area contributed by atoms with Gasteiger partial charge in [-0.05, 0) is 19.8 Å². The maximum Gasteiger partial charge on any atom is 0.259 e. The number of amides is 1. The van der Waals surface area contributed by atoms with Crippen LogP contribution in [0.2, 0.25) is 5.15 Å². The number of carbonyl (C=O) groups excluding carboxylic acids is 1. The lowest BCUT2D eigenvalue weighted by molar-refractivity contribution is 0.0663. The molecule has 0 radical (unpaired) electrons. The summed E-state index contributed by atoms with van der Waals surface area (Å²) in [5, 5.41) is 0.371. The van der Waals surface area contributed by atoms with E-state index >= 15 is 4.39 Å². The number of fused-ring (bicyclic) bond motifs is 1. The molecule has 3 heterocycles. The van der Waals surface area contributed by atoms with Gasteiger partial charge in [0.05, 0.1) is 17.1 Å². The van der Waals surface area contributed by atoms with Crippen molar-refractivity contribution in [1.82, 2.24) is 19.9 Å². The molecule has 1 amide bonds. The van der Waals surface area contributed by atoms with Crippen molar-refractivity contribution in [2.75, 3.05) is 13.1 Å². The molecule has 9 heteroatoms. The number of halogens is 2. The maximum absolute atomic E-state index is 15.5. The molecule has 1 N–H and O–H groups in total. The number of carbonyl (C=O) groups is 1. The van der Waals surface area contributed by atoms with Crippen LogP contribution in [0.1, 0.15) is 39.4 Å². The first kappa shape index (κ1) is 19.2. The van der Waals surface area contributed by atoms with E-state index in [9.17, 15) is 9.59 Å². The fourth-order valence-corrected chi connectivity index (χ4v) is 4.11. The molecule has 1 saturated heterocycles. The van der Waals surface area contributed by atoms with Crippen molar-refractivity contribution >= 4 is 36.7 Å². The standard InChI is InChI=1S/C17H21ClFN4O2P/c1-16(2,3)26-15(25)23-6-4-17(19,5-7-23)14-21-11-9-20-12(18)8-10(11)13(24)22-14/h8-9,26H,4-7H2,1-3H3,(H,21,22,24). The van der Waals surface area contributed by atoms with Gasteiger partial charge in [0.2, 0.25) is 5.65 Å². The van der Waals surface area contributed by atoms with Crippen LogP contribution in [0.4, 0.5) is 9.18 Å². The molecule has 140 valence electrons. The van der Waals surface area contributed by atoms with E-state index in [2.05, 4.69) is 15.0 Å². The van der Waals surface area contributed by atoms with Crippen LogP contribution in [-0.2, 0) is 5.67 Å². The first-order valence-corrected chi connectivity index (χ1v) is 9.77. The molecule has 1 atom stereocenters. The molecule has 26 heavy (non-hydrogen) atoms. The zero-order valence-corrected chi connectivity index (χ0v) is 16.7. The second kappa shape index (κ2) is 6.86. The fourth-order valence-electron chi connectivity index (χ4n) is 2.93. The molecule has 0 aromatic carbocycles. The highest BCUT2D eigenvalue weighted by Crippen LogP contribution is 2.39. The number of pyridine rings is 1. The van der Waals surface area contributed by atoms with Crippen LogP contribution in [0.25, 0.3) is 10.9 Å². The number of piperidine rings is 1. The van der Waals surface area contributed by atoms with Crippen molar-refractivity contribution < 1.29 is 9.18 Å². The first-order chi connectivity index (χ1) is 12.1. The van der Waals surface area contributed by atoms with Gasteiger partial charge in [-0.1, -0.05) is 32.4 Å². The average Bonchev–Trinajstić information content (AvgIpc) is 2.54. The van der Waals surface area contributed by atoms with Crippen LogP contribution in [0.5, 0.6) is 0 Å². The predicted octanol–water partition coefficient (Wildman–Crippen LogP) is 3.83. The Kier molecular flexibility index (Phi) is 5.06. The second-order valence-corrected chi connectivity index (χ2v) is 10.1. The SMILES string of the molecule is CC(C)(C)PC(=O)N1CCC(F)(c2nc3cnc(Cl)cc3c(=O)[nH]2)CC1. The van der Waals surface area contributed by atoms with E-state index in [0.29, 0.717) is 18.6 Å². The Morgan fingerprint density at radius 1 is 1.38 bits per heavy atom. The van der Waals surface area contributed by atoms with E-state index < -0.39 is 11.2 Å². The number of aromatic amines is 1. The number of H-pyrrole nitrogens is 1. The molecule has 2 aromatic rings. The maximum atomic E-state index is 15.5. The summed E-state index contributed by atoms with van der Waals surface area (Å²) in [4.78, 5) is 37.0. The summed E-state index contributed by atoms with van der Waals surface area (Å²) in [6.07, 6.45) is 1.56. The predicted molar refractivity (Wildman–Crippen MR) is 102 cm³/mol. The molecular weight excluding hydrogens is 378 g/mol. The Hall–Kier alpha value is -1.59. The second-order valence-electron chi connectivity index (χ2n) is 7.57. The highest BCUT2D eigenvalue weighted by Gasteiger charge is 2.40. The molecule has 1 fully saturated rings. The minimum Gasteiger partial charge on any atom is -0.339 e. The molecular formula is C17H21ClFN4O2P. The topological polar surface area (TPSA) is 79.0 Å². The third-order valence-electron chi connectivity index (χ3n) is 4.31. The number of hydrogen-bond acceptors (Lipinski definition) is 4. The highest BCUT2D eigenvalue weighted by molar-refractivity contribution is 7.59. The molecule has 0 saturated carbocycles. The summed E-state index contributed by atoms with van der Waals surface area (Å²) in [7, 11) is 0.149. The third-order valence-corrected chi connectivity index (χ3v) is 5.79. The fraction of sp³-hybridized carbons (Fsp3) is 0.529. The van der Waals surface area contributed by atoms with Crippen molar-refractivity contribution in [2.24, 2.45) is 0 Å². The van der Waals surface area contributed by atoms with Crippen molar-refractivity contribution in [1.29, 1.82) is 0 Å². The van der Waals surface area contributed by atoms with E-state index in [0.717, 1.165) is 0 Å². The van der Waals surface area contributed by atoms with Crippen molar-refractivity contribution in [3.8, 4) is 0 Å². The summed E-state index contributed by atoms with van der Waals surface area (Å²) in [6, 6.07) is 1.41. The lowest BCUT2D eigenvalue weighted by Crippen LogP contribution is -2.43. The van der Waals surface area contributed by atoms with Gasteiger partial charge in [0.25, 0.3) is 5.56 Å². The molecule has 0 spiro atoms. The van der Waals surface area contributed by atoms with Gasteiger partial charge in [0.1, 0.15) is 11.0 Å². The highest BCUT2D eigenvalue weighted by atomic mass is 35.5. The lowest BCUT2D eigenvalue weighted by atomic mass is 9.92. The van der Waals surface area contributed by atoms with E-state index in [-0.39, 0.29) is 48.6 Å². The molecule has 0 aliphatic carbocycles. The number of rotatable bonds is 2. The summed E-state index contributed by atoms with van der Waals surface area (Å²) >= 11 is 5.80. The Labute approximate surface area is 157 Å². The van der Waals surface area contributed by atoms with Crippen LogP contribution in [0.15, 0.2) is 17.1 Å². The number of hydrogen-bond donors (Lipinski definition) is 1. The zero-order valence-electron chi connectivity index (χ0n) is 14.9. The third kappa shape index (κ3) is 4.04. The van der Waals surface area contributed by atoms with Crippen LogP contribution < -0.4 is 5.56 Å². The number of likely N-dealkylation sites (tertiary alicyclic amines) is 1. The van der Waals surface area contributed by atoms with Gasteiger partial charge in [-0.15, -0.1) is 0 Å². The van der Waals surface area contributed by atoms with Crippen molar-refractivity contribution in [3.63, 3.8) is 0 Å². The number of aromatic nitrogens is 3. The van der Waals surface area contributed by atoms with Gasteiger partial charge in [0, 0.05) is 25.9 Å². The first-order valence-electron chi connectivity index (χ1n) is 8.39. The van der Waals surface area contributed by atoms with Gasteiger partial charge in [-0.3, -0.25) is 9.59 Å². The van der Waals surface area contributed by atoms with E-state index in [1.54, 1.807) is 4.90 Å². The van der Waals surface area contributed by atoms with Crippen molar-refractivity contribution in [3.05, 3.63) is 33.6 Å². The van der Waals surface area contributed by atoms with E-state index in [1.807, 2.05) is 20.8 Å². The smallest absolute Gasteiger partial charge is 0.259 e. The molecule has 0 bridgehead atoms. The van der Waals surface area contributed by atoms with E-state index in [1.165, 1.54) is 12.3 Å². The summed E-state index contributed by atoms with van der Waals surface area (Å²) in [5.74, 6) is -0.00973. The average molecular weight is 399 g/mol. The minimum absolute atomic E-state index is 0.00973. The van der Waals surface area contributed by atoms with Gasteiger partial charge in [-0.25, -0.2) is 14.4 Å². The van der Waals surface area contributed by atoms with Gasteiger partial charge < -0.3 is 9.88 Å². The molecule has 1 aliphatic rings. The Bertz CT molecular complexity index is 904. The van der Waals surface area contributed by atoms with Crippen LogP contribution in [-0.4, -0.2) is 43.7 Å². The van der Waals surface area contributed by atoms with Crippen LogP contribution in [0, 0.1) is 0 Å². The zero-order chi connectivity index (χ0) is 19.1. The number of alkyl halides is 1. The molecule has 1 aliphatic heterocycles. The molecule has 6 nitrogen and oxygen atoms in total. The largest absolute Gasteiger partial charge is 0.339 e. The monoisotopic (exact) mass is 398 g/mol. The Balaban J connectivity index is 1.81. The van der Waals surface area contributed by atoms with Gasteiger partial charge in [-0.2, -0.15) is 0 Å². The van der Waals surface area contributed by atoms with Crippen LogP contribution in [0.3, 0.4) is 0 Å². The summed E-state index contributed by atoms with van der Waals surface area (Å²) < 4.78 is 15.5. The van der Waals surface area contributed by atoms with Crippen LogP contribution >= 0.6 is 20.2 Å². The molecule has 3 rings (SSSR count). The van der Waals surface area contributed by atoms with Crippen molar-refractivity contribution in [2.45, 2.75) is 44.4 Å². The lowest BCUT2D eigenvalue weighted by Gasteiger charge is -2.36. The summed E-state index contributed by atoms with van der Waals surface area (Å²) in [5.41, 5.74) is -1.86. The Morgan fingerprint density at radius 2 is 2.04 bits per heavy atom. The molecule has 1 unspecified atom stereocenters. The molecule has 2 aromatic heterocycles. The quantitative estimate of drug-likeness (QED) is 0.616. The number of nitrogens with zero attached hydrogens (tertiary/aromatic N) is 3. The Morgan fingerprint density at radius 3 is 2.65 bits per heavy atom. The summed E-state index contributed by atoms with van der Waals surface area (Å²) in [6.45, 7) is 6.64. The normalized spacial score (nSPS) is 18.0. The van der Waals surface area contributed by atoms with Gasteiger partial charge in [0.15, 0.2) is 5.67 Å². The number of nitrogens with one attached hydrogen (secondary N) is 1.